The van der Waals surface area contributed by atoms with Crippen LogP contribution in [-0.4, -0.2) is 76.2 Å². The van der Waals surface area contributed by atoms with Crippen LogP contribution in [0.25, 0.3) is 0 Å². The normalized spacial score (nSPS) is 24.1. The number of likely N-dealkylation sites (tertiary alicyclic amines) is 1. The molecule has 1 aliphatic carbocycles. The molecule has 1 unspecified atom stereocenters. The Morgan fingerprint density at radius 3 is 2.76 bits per heavy atom. The van der Waals surface area contributed by atoms with Gasteiger partial charge >= 0.3 is 0 Å². The van der Waals surface area contributed by atoms with E-state index in [1.54, 1.807) is 0 Å². The Labute approximate surface area is 197 Å². The molecule has 0 bridgehead atoms. The number of aromatic nitrogens is 2. The maximum absolute atomic E-state index is 15.4. The second-order valence-corrected chi connectivity index (χ2v) is 9.65. The van der Waals surface area contributed by atoms with Crippen LogP contribution in [0.3, 0.4) is 0 Å². The Morgan fingerprint density at radius 2 is 2.06 bits per heavy atom. The SMILES string of the molecule is CN1C[C@@H]2C1CCCN2c1nc(Cl)nc(NNC(=O)[C@H](CC2CCCC2)CN(O)C=O)c1F. The summed E-state index contributed by atoms with van der Waals surface area (Å²) in [5, 5.41) is 9.96. The van der Waals surface area contributed by atoms with Gasteiger partial charge in [0.05, 0.1) is 18.5 Å². The van der Waals surface area contributed by atoms with E-state index in [9.17, 15) is 14.8 Å². The van der Waals surface area contributed by atoms with E-state index in [0.29, 0.717) is 30.0 Å². The molecule has 12 heteroatoms. The van der Waals surface area contributed by atoms with Crippen LogP contribution >= 0.6 is 11.6 Å². The number of amides is 2. The molecule has 3 heterocycles. The van der Waals surface area contributed by atoms with Gasteiger partial charge < -0.3 is 4.90 Å². The molecule has 2 aliphatic heterocycles. The lowest BCUT2D eigenvalue weighted by Gasteiger charge is -2.54. The van der Waals surface area contributed by atoms with Crippen LogP contribution in [0, 0.1) is 17.7 Å². The maximum Gasteiger partial charge on any atom is 0.243 e. The molecular formula is C21H31ClFN7O3. The van der Waals surface area contributed by atoms with Crippen molar-refractivity contribution in [2.75, 3.05) is 37.0 Å². The number of anilines is 2. The van der Waals surface area contributed by atoms with Crippen molar-refractivity contribution in [2.45, 2.75) is 57.0 Å². The zero-order valence-electron chi connectivity index (χ0n) is 18.7. The summed E-state index contributed by atoms with van der Waals surface area (Å²) in [7, 11) is 2.05. The van der Waals surface area contributed by atoms with Gasteiger partial charge in [-0.05, 0) is 43.8 Å². The summed E-state index contributed by atoms with van der Waals surface area (Å²) in [5.41, 5.74) is 5.03. The van der Waals surface area contributed by atoms with Crippen LogP contribution in [0.15, 0.2) is 0 Å². The highest BCUT2D eigenvalue weighted by Gasteiger charge is 2.44. The fraction of sp³-hybridized carbons (Fsp3) is 0.714. The van der Waals surface area contributed by atoms with Crippen molar-refractivity contribution in [2.24, 2.45) is 11.8 Å². The average Bonchev–Trinajstić information content (AvgIpc) is 3.31. The summed E-state index contributed by atoms with van der Waals surface area (Å²) < 4.78 is 15.4. The van der Waals surface area contributed by atoms with E-state index in [0.717, 1.165) is 45.1 Å². The number of hydrazine groups is 1. The van der Waals surface area contributed by atoms with E-state index >= 15 is 4.39 Å². The first-order chi connectivity index (χ1) is 15.9. The largest absolute Gasteiger partial charge is 0.348 e. The number of hydrogen-bond acceptors (Lipinski definition) is 8. The summed E-state index contributed by atoms with van der Waals surface area (Å²) in [5.74, 6) is -1.53. The molecule has 182 valence electrons. The number of nitrogens with one attached hydrogen (secondary N) is 2. The number of carbonyl (C=O) groups is 2. The summed E-state index contributed by atoms with van der Waals surface area (Å²) in [6.07, 6.45) is 7.01. The van der Waals surface area contributed by atoms with E-state index in [1.165, 1.54) is 0 Å². The third-order valence-corrected chi connectivity index (χ3v) is 7.33. The van der Waals surface area contributed by atoms with Crippen LogP contribution in [0.5, 0.6) is 0 Å². The van der Waals surface area contributed by atoms with Gasteiger partial charge in [0, 0.05) is 19.1 Å². The number of carbonyl (C=O) groups excluding carboxylic acids is 2. The van der Waals surface area contributed by atoms with E-state index in [2.05, 4.69) is 32.8 Å². The molecule has 4 rings (SSSR count). The number of rotatable bonds is 9. The van der Waals surface area contributed by atoms with E-state index in [-0.39, 0.29) is 35.9 Å². The van der Waals surface area contributed by atoms with Gasteiger partial charge in [0.2, 0.25) is 23.4 Å². The Hall–Kier alpha value is -2.24. The molecule has 2 amide bonds. The molecular weight excluding hydrogens is 453 g/mol. The Bertz CT molecular complexity index is 873. The number of hydroxylamine groups is 2. The van der Waals surface area contributed by atoms with Crippen LogP contribution in [0.1, 0.15) is 44.9 Å². The number of piperidine rings is 1. The number of fused-ring (bicyclic) bond motifs is 1. The van der Waals surface area contributed by atoms with Crippen molar-refractivity contribution in [3.05, 3.63) is 11.1 Å². The zero-order chi connectivity index (χ0) is 23.5. The minimum absolute atomic E-state index is 0.122. The second kappa shape index (κ2) is 10.4. The van der Waals surface area contributed by atoms with Gasteiger partial charge in [-0.2, -0.15) is 14.4 Å². The molecule has 2 saturated heterocycles. The lowest BCUT2D eigenvalue weighted by molar-refractivity contribution is -0.154. The third-order valence-electron chi connectivity index (χ3n) is 7.16. The van der Waals surface area contributed by atoms with Gasteiger partial charge in [-0.25, -0.2) is 5.06 Å². The van der Waals surface area contributed by atoms with Crippen LogP contribution in [-0.2, 0) is 9.59 Å². The third kappa shape index (κ3) is 5.30. The van der Waals surface area contributed by atoms with E-state index in [4.69, 9.17) is 11.6 Å². The summed E-state index contributed by atoms with van der Waals surface area (Å²) in [6.45, 7) is 1.35. The van der Waals surface area contributed by atoms with E-state index in [1.807, 2.05) is 4.90 Å². The summed E-state index contributed by atoms with van der Waals surface area (Å²) in [4.78, 5) is 35.9. The first kappa shape index (κ1) is 23.9. The van der Waals surface area contributed by atoms with Crippen LogP contribution in [0.4, 0.5) is 16.0 Å². The van der Waals surface area contributed by atoms with Crippen molar-refractivity contribution < 1.29 is 19.2 Å². The van der Waals surface area contributed by atoms with E-state index < -0.39 is 17.6 Å². The molecule has 3 atom stereocenters. The Kier molecular flexibility index (Phi) is 7.50. The van der Waals surface area contributed by atoms with Crippen LogP contribution in [0.2, 0.25) is 5.28 Å². The fourth-order valence-electron chi connectivity index (χ4n) is 5.41. The minimum Gasteiger partial charge on any atom is -0.348 e. The van der Waals surface area contributed by atoms with Crippen LogP contribution < -0.4 is 15.8 Å². The number of hydrogen-bond donors (Lipinski definition) is 3. The highest BCUT2D eigenvalue weighted by atomic mass is 35.5. The number of halogens is 2. The fourth-order valence-corrected chi connectivity index (χ4v) is 5.58. The summed E-state index contributed by atoms with van der Waals surface area (Å²) in [6, 6.07) is 0.528. The Balaban J connectivity index is 1.45. The molecule has 1 aromatic rings. The Morgan fingerprint density at radius 1 is 1.30 bits per heavy atom. The maximum atomic E-state index is 15.4. The first-order valence-electron chi connectivity index (χ1n) is 11.5. The molecule has 3 fully saturated rings. The topological polar surface area (TPSA) is 114 Å². The molecule has 0 spiro atoms. The standard InChI is InChI=1S/C21H31ClFN7O3/c1-28-11-16-15(28)7-4-8-30(16)19-17(23)18(24-21(22)25-19)26-27-20(32)14(10-29(33)12-31)9-13-5-2-3-6-13/h12-16,33H,2-11H2,1H3,(H,27,32)(H,24,25,26)/t14-,15?,16-/m1/s1. The molecule has 3 N–H and O–H groups in total. The lowest BCUT2D eigenvalue weighted by Crippen LogP contribution is -2.68. The van der Waals surface area contributed by atoms with Crippen molar-refractivity contribution in [1.82, 2.24) is 25.4 Å². The summed E-state index contributed by atoms with van der Waals surface area (Å²) >= 11 is 6.09. The van der Waals surface area contributed by atoms with Gasteiger partial charge in [0.1, 0.15) is 0 Å². The van der Waals surface area contributed by atoms with Crippen molar-refractivity contribution in [3.63, 3.8) is 0 Å². The van der Waals surface area contributed by atoms with Crippen molar-refractivity contribution in [1.29, 1.82) is 0 Å². The number of nitrogens with zero attached hydrogens (tertiary/aromatic N) is 5. The molecule has 1 saturated carbocycles. The monoisotopic (exact) mass is 483 g/mol. The smallest absolute Gasteiger partial charge is 0.243 e. The molecule has 3 aliphatic rings. The number of likely N-dealkylation sites (N-methyl/N-ethyl adjacent to an activating group) is 1. The highest BCUT2D eigenvalue weighted by Crippen LogP contribution is 2.35. The van der Waals surface area contributed by atoms with Crippen molar-refractivity contribution >= 4 is 35.6 Å². The van der Waals surface area contributed by atoms with Crippen molar-refractivity contribution in [3.8, 4) is 0 Å². The predicted molar refractivity (Wildman–Crippen MR) is 120 cm³/mol. The quantitative estimate of drug-likeness (QED) is 0.211. The van der Waals surface area contributed by atoms with Gasteiger partial charge in [-0.15, -0.1) is 0 Å². The molecule has 10 nitrogen and oxygen atoms in total. The van der Waals surface area contributed by atoms with Gasteiger partial charge in [-0.3, -0.25) is 30.5 Å². The first-order valence-corrected chi connectivity index (χ1v) is 11.9. The average molecular weight is 484 g/mol. The van der Waals surface area contributed by atoms with Gasteiger partial charge in [-0.1, -0.05) is 25.7 Å². The predicted octanol–water partition coefficient (Wildman–Crippen LogP) is 2.04. The van der Waals surface area contributed by atoms with Gasteiger partial charge in [0.25, 0.3) is 0 Å². The second-order valence-electron chi connectivity index (χ2n) is 9.31. The zero-order valence-corrected chi connectivity index (χ0v) is 19.5. The minimum atomic E-state index is -0.682. The lowest BCUT2D eigenvalue weighted by atomic mass is 9.87. The molecule has 0 radical (unpaired) electrons. The molecule has 0 aromatic carbocycles. The molecule has 1 aromatic heterocycles. The molecule has 33 heavy (non-hydrogen) atoms. The van der Waals surface area contributed by atoms with Gasteiger partial charge in [0.15, 0.2) is 11.6 Å². The highest BCUT2D eigenvalue weighted by molar-refractivity contribution is 6.28.